The number of nitrogens with one attached hydrogen (secondary N) is 2. The third-order valence-electron chi connectivity index (χ3n) is 3.38. The van der Waals surface area contributed by atoms with Gasteiger partial charge in [0.15, 0.2) is 0 Å². The van der Waals surface area contributed by atoms with Gasteiger partial charge in [-0.25, -0.2) is 4.39 Å². The molecule has 0 aliphatic heterocycles. The van der Waals surface area contributed by atoms with Crippen LogP contribution in [0.2, 0.25) is 5.02 Å². The van der Waals surface area contributed by atoms with Crippen LogP contribution >= 0.6 is 11.6 Å². The molecule has 2 aromatic carbocycles. The molecule has 2 rings (SSSR count). The second kappa shape index (κ2) is 7.88. The first-order valence-corrected chi connectivity index (χ1v) is 7.53. The lowest BCUT2D eigenvalue weighted by Crippen LogP contribution is -2.22. The molecule has 0 bridgehead atoms. The maximum absolute atomic E-state index is 13.1. The van der Waals surface area contributed by atoms with Crippen LogP contribution < -0.4 is 20.1 Å². The second-order valence-corrected chi connectivity index (χ2v) is 5.46. The summed E-state index contributed by atoms with van der Waals surface area (Å²) in [4.78, 5) is 12.1. The van der Waals surface area contributed by atoms with Crippen LogP contribution in [0.4, 0.5) is 15.8 Å². The minimum atomic E-state index is -0.319. The smallest absolute Gasteiger partial charge is 0.243 e. The molecule has 0 heterocycles. The van der Waals surface area contributed by atoms with Crippen LogP contribution in [-0.4, -0.2) is 26.7 Å². The highest BCUT2D eigenvalue weighted by molar-refractivity contribution is 6.32. The van der Waals surface area contributed by atoms with Crippen molar-refractivity contribution >= 4 is 28.9 Å². The summed E-state index contributed by atoms with van der Waals surface area (Å²) in [5.41, 5.74) is 1.84. The number of carbonyl (C=O) groups excluding carboxylic acids is 1. The zero-order chi connectivity index (χ0) is 17.7. The van der Waals surface area contributed by atoms with Gasteiger partial charge in [-0.15, -0.1) is 0 Å². The molecule has 0 atom stereocenters. The Balaban J connectivity index is 2.05. The lowest BCUT2D eigenvalue weighted by molar-refractivity contribution is -0.114. The Morgan fingerprint density at radius 3 is 2.46 bits per heavy atom. The van der Waals surface area contributed by atoms with E-state index in [1.807, 2.05) is 0 Å². The van der Waals surface area contributed by atoms with E-state index in [4.69, 9.17) is 21.1 Å². The molecule has 1 amide bonds. The van der Waals surface area contributed by atoms with Gasteiger partial charge in [0.05, 0.1) is 31.5 Å². The summed E-state index contributed by atoms with van der Waals surface area (Å²) in [5, 5.41) is 6.03. The monoisotopic (exact) mass is 352 g/mol. The molecule has 0 radical (unpaired) electrons. The molecule has 24 heavy (non-hydrogen) atoms. The number of amides is 1. The quantitative estimate of drug-likeness (QED) is 0.829. The van der Waals surface area contributed by atoms with Gasteiger partial charge in [-0.1, -0.05) is 11.6 Å². The van der Waals surface area contributed by atoms with E-state index in [0.717, 1.165) is 0 Å². The fourth-order valence-electron chi connectivity index (χ4n) is 2.15. The highest BCUT2D eigenvalue weighted by atomic mass is 35.5. The summed E-state index contributed by atoms with van der Waals surface area (Å²) in [7, 11) is 2.98. The van der Waals surface area contributed by atoms with Crippen molar-refractivity contribution in [3.8, 4) is 11.5 Å². The topological polar surface area (TPSA) is 59.6 Å². The first kappa shape index (κ1) is 17.9. The number of methoxy groups -OCH3 is 2. The molecule has 7 heteroatoms. The number of halogens is 2. The minimum Gasteiger partial charge on any atom is -0.495 e. The van der Waals surface area contributed by atoms with E-state index in [1.54, 1.807) is 25.1 Å². The van der Waals surface area contributed by atoms with Crippen LogP contribution in [0.15, 0.2) is 30.3 Å². The van der Waals surface area contributed by atoms with Crippen LogP contribution in [0, 0.1) is 12.7 Å². The third-order valence-corrected chi connectivity index (χ3v) is 3.67. The standard InChI is InChI=1S/C17H18ClFN2O3/c1-10-6-11(19)4-5-13(10)20-9-17(22)21-14-7-12(18)15(23-2)8-16(14)24-3/h4-8,20H,9H2,1-3H3,(H,21,22). The highest BCUT2D eigenvalue weighted by Crippen LogP contribution is 2.35. The Morgan fingerprint density at radius 2 is 1.83 bits per heavy atom. The fraction of sp³-hybridized carbons (Fsp3) is 0.235. The molecular formula is C17H18ClFN2O3. The van der Waals surface area contributed by atoms with Gasteiger partial charge in [-0.05, 0) is 36.8 Å². The second-order valence-electron chi connectivity index (χ2n) is 5.05. The van der Waals surface area contributed by atoms with E-state index in [9.17, 15) is 9.18 Å². The number of hydrogen-bond acceptors (Lipinski definition) is 4. The molecule has 0 fully saturated rings. The Hall–Kier alpha value is -2.47. The van der Waals surface area contributed by atoms with Crippen LogP contribution in [0.5, 0.6) is 11.5 Å². The van der Waals surface area contributed by atoms with Gasteiger partial charge < -0.3 is 20.1 Å². The van der Waals surface area contributed by atoms with Gasteiger partial charge >= 0.3 is 0 Å². The number of aryl methyl sites for hydroxylation is 1. The molecule has 128 valence electrons. The summed E-state index contributed by atoms with van der Waals surface area (Å²) >= 11 is 6.07. The maximum Gasteiger partial charge on any atom is 0.243 e. The van der Waals surface area contributed by atoms with E-state index in [-0.39, 0.29) is 18.3 Å². The lowest BCUT2D eigenvalue weighted by atomic mass is 10.2. The molecule has 0 aliphatic rings. The maximum atomic E-state index is 13.1. The van der Waals surface area contributed by atoms with Gasteiger partial charge in [0.1, 0.15) is 17.3 Å². The molecule has 0 saturated heterocycles. The third kappa shape index (κ3) is 4.29. The first-order chi connectivity index (χ1) is 11.4. The number of anilines is 2. The van der Waals surface area contributed by atoms with E-state index in [2.05, 4.69) is 10.6 Å². The first-order valence-electron chi connectivity index (χ1n) is 7.16. The summed E-state index contributed by atoms with van der Waals surface area (Å²) < 4.78 is 23.4. The van der Waals surface area contributed by atoms with Gasteiger partial charge in [0.2, 0.25) is 5.91 Å². The average Bonchev–Trinajstić information content (AvgIpc) is 2.54. The zero-order valence-electron chi connectivity index (χ0n) is 13.6. The van der Waals surface area contributed by atoms with Crippen molar-refractivity contribution < 1.29 is 18.7 Å². The summed E-state index contributed by atoms with van der Waals surface area (Å²) in [6, 6.07) is 7.46. The molecule has 2 aromatic rings. The molecule has 0 unspecified atom stereocenters. The summed E-state index contributed by atoms with van der Waals surface area (Å²) in [6.45, 7) is 1.77. The van der Waals surface area contributed by atoms with Crippen molar-refractivity contribution in [3.63, 3.8) is 0 Å². The summed E-state index contributed by atoms with van der Waals surface area (Å²) in [6.07, 6.45) is 0. The Bertz CT molecular complexity index is 753. The van der Waals surface area contributed by atoms with E-state index >= 15 is 0 Å². The van der Waals surface area contributed by atoms with Gasteiger partial charge in [0, 0.05) is 11.8 Å². The Morgan fingerprint density at radius 1 is 1.12 bits per heavy atom. The van der Waals surface area contributed by atoms with Crippen molar-refractivity contribution in [3.05, 3.63) is 46.7 Å². The van der Waals surface area contributed by atoms with Crippen LogP contribution in [0.1, 0.15) is 5.56 Å². The summed E-state index contributed by atoms with van der Waals surface area (Å²) in [5.74, 6) is 0.271. The number of hydrogen-bond donors (Lipinski definition) is 2. The van der Waals surface area contributed by atoms with Gasteiger partial charge in [-0.2, -0.15) is 0 Å². The van der Waals surface area contributed by atoms with E-state index in [1.165, 1.54) is 26.4 Å². The van der Waals surface area contributed by atoms with E-state index < -0.39 is 0 Å². The average molecular weight is 353 g/mol. The predicted molar refractivity (Wildman–Crippen MR) is 92.8 cm³/mol. The van der Waals surface area contributed by atoms with Crippen molar-refractivity contribution in [2.75, 3.05) is 31.4 Å². The van der Waals surface area contributed by atoms with Crippen LogP contribution in [0.3, 0.4) is 0 Å². The highest BCUT2D eigenvalue weighted by Gasteiger charge is 2.12. The van der Waals surface area contributed by atoms with Crippen LogP contribution in [-0.2, 0) is 4.79 Å². The van der Waals surface area contributed by atoms with Crippen molar-refractivity contribution in [1.82, 2.24) is 0 Å². The predicted octanol–water partition coefficient (Wildman–Crippen LogP) is 3.86. The SMILES string of the molecule is COc1cc(OC)c(NC(=O)CNc2ccc(F)cc2C)cc1Cl. The van der Waals surface area contributed by atoms with Gasteiger partial charge in [-0.3, -0.25) is 4.79 Å². The van der Waals surface area contributed by atoms with Crippen LogP contribution in [0.25, 0.3) is 0 Å². The number of carbonyl (C=O) groups is 1. The Labute approximate surface area is 144 Å². The molecule has 0 aromatic heterocycles. The zero-order valence-corrected chi connectivity index (χ0v) is 14.3. The minimum absolute atomic E-state index is 0.0132. The van der Waals surface area contributed by atoms with Crippen molar-refractivity contribution in [2.24, 2.45) is 0 Å². The van der Waals surface area contributed by atoms with Gasteiger partial charge in [0.25, 0.3) is 0 Å². The molecule has 5 nitrogen and oxygen atoms in total. The normalized spacial score (nSPS) is 10.2. The largest absolute Gasteiger partial charge is 0.495 e. The Kier molecular flexibility index (Phi) is 5.87. The number of ether oxygens (including phenoxy) is 2. The molecule has 0 spiro atoms. The molecular weight excluding hydrogens is 335 g/mol. The van der Waals surface area contributed by atoms with Crippen molar-refractivity contribution in [2.45, 2.75) is 6.92 Å². The number of rotatable bonds is 6. The fourth-order valence-corrected chi connectivity index (χ4v) is 2.39. The molecule has 0 aliphatic carbocycles. The van der Waals surface area contributed by atoms with Crippen molar-refractivity contribution in [1.29, 1.82) is 0 Å². The number of benzene rings is 2. The molecule has 2 N–H and O–H groups in total. The molecule has 0 saturated carbocycles. The van der Waals surface area contributed by atoms with E-state index in [0.29, 0.717) is 33.5 Å². The lowest BCUT2D eigenvalue weighted by Gasteiger charge is -2.14.